The maximum atomic E-state index is 5.92. The van der Waals surface area contributed by atoms with Crippen molar-refractivity contribution >= 4 is 5.96 Å². The number of ether oxygens (including phenoxy) is 1. The summed E-state index contributed by atoms with van der Waals surface area (Å²) in [6.07, 6.45) is 4.89. The van der Waals surface area contributed by atoms with Crippen LogP contribution in [0.5, 0.6) is 5.75 Å². The molecule has 130 valence electrons. The van der Waals surface area contributed by atoms with E-state index in [-0.39, 0.29) is 0 Å². The maximum Gasteiger partial charge on any atom is 0.188 e. The van der Waals surface area contributed by atoms with Gasteiger partial charge in [0.15, 0.2) is 5.96 Å². The van der Waals surface area contributed by atoms with Crippen LogP contribution in [0.3, 0.4) is 0 Å². The molecule has 1 aromatic rings. The molecule has 0 fully saturated rings. The van der Waals surface area contributed by atoms with Crippen LogP contribution in [0.2, 0.25) is 0 Å². The zero-order valence-corrected chi connectivity index (χ0v) is 14.8. The van der Waals surface area contributed by atoms with Crippen LogP contribution in [-0.2, 0) is 6.54 Å². The van der Waals surface area contributed by atoms with Crippen molar-refractivity contribution in [2.24, 2.45) is 10.7 Å². The molecule has 5 heteroatoms. The predicted octanol–water partition coefficient (Wildman–Crippen LogP) is 2.61. The smallest absolute Gasteiger partial charge is 0.188 e. The lowest BCUT2D eigenvalue weighted by Gasteiger charge is -2.13. The van der Waals surface area contributed by atoms with Gasteiger partial charge in [-0.2, -0.15) is 0 Å². The monoisotopic (exact) mass is 320 g/mol. The molecule has 0 amide bonds. The summed E-state index contributed by atoms with van der Waals surface area (Å²) in [6, 6.07) is 7.99. The number of guanidine groups is 1. The summed E-state index contributed by atoms with van der Waals surface area (Å²) >= 11 is 0. The molecule has 23 heavy (non-hydrogen) atoms. The van der Waals surface area contributed by atoms with Crippen molar-refractivity contribution in [1.82, 2.24) is 10.2 Å². The van der Waals surface area contributed by atoms with Crippen molar-refractivity contribution < 1.29 is 4.74 Å². The second kappa shape index (κ2) is 11.8. The zero-order valence-electron chi connectivity index (χ0n) is 14.8. The number of aliphatic imine (C=N–C) groups is 1. The van der Waals surface area contributed by atoms with Gasteiger partial charge in [-0.3, -0.25) is 0 Å². The number of benzene rings is 1. The SMILES string of the molecule is CCCCCCNC(N)=NCc1ccccc1OCCN(C)C. The van der Waals surface area contributed by atoms with Crippen molar-refractivity contribution in [3.63, 3.8) is 0 Å². The molecule has 0 bridgehead atoms. The minimum absolute atomic E-state index is 0.504. The first-order chi connectivity index (χ1) is 11.1. The fraction of sp³-hybridized carbons (Fsp3) is 0.611. The number of rotatable bonds is 11. The number of para-hydroxylation sites is 1. The zero-order chi connectivity index (χ0) is 16.9. The summed E-state index contributed by atoms with van der Waals surface area (Å²) in [5, 5.41) is 3.17. The minimum Gasteiger partial charge on any atom is -0.492 e. The van der Waals surface area contributed by atoms with E-state index < -0.39 is 0 Å². The largest absolute Gasteiger partial charge is 0.492 e. The number of nitrogens with two attached hydrogens (primary N) is 1. The maximum absolute atomic E-state index is 5.92. The molecule has 5 nitrogen and oxygen atoms in total. The third kappa shape index (κ3) is 9.08. The van der Waals surface area contributed by atoms with E-state index in [1.54, 1.807) is 0 Å². The molecule has 0 aromatic heterocycles. The molecule has 0 aliphatic carbocycles. The number of hydrogen-bond donors (Lipinski definition) is 2. The molecule has 0 atom stereocenters. The van der Waals surface area contributed by atoms with Crippen LogP contribution >= 0.6 is 0 Å². The van der Waals surface area contributed by atoms with Gasteiger partial charge in [0.05, 0.1) is 6.54 Å². The summed E-state index contributed by atoms with van der Waals surface area (Å²) in [7, 11) is 4.07. The van der Waals surface area contributed by atoms with Crippen molar-refractivity contribution in [2.45, 2.75) is 39.2 Å². The first-order valence-electron chi connectivity index (χ1n) is 8.52. The number of nitrogens with zero attached hydrogens (tertiary/aromatic N) is 2. The highest BCUT2D eigenvalue weighted by atomic mass is 16.5. The summed E-state index contributed by atoms with van der Waals surface area (Å²) in [5.41, 5.74) is 6.98. The average Bonchev–Trinajstić information content (AvgIpc) is 2.53. The summed E-state index contributed by atoms with van der Waals surface area (Å²) < 4.78 is 5.83. The number of nitrogens with one attached hydrogen (secondary N) is 1. The quantitative estimate of drug-likeness (QED) is 0.374. The topological polar surface area (TPSA) is 62.9 Å². The molecule has 0 spiro atoms. The van der Waals surface area contributed by atoms with Gasteiger partial charge in [-0.15, -0.1) is 0 Å². The van der Waals surface area contributed by atoms with Gasteiger partial charge >= 0.3 is 0 Å². The van der Waals surface area contributed by atoms with Crippen LogP contribution in [0.1, 0.15) is 38.2 Å². The molecule has 0 aliphatic heterocycles. The second-order valence-electron chi connectivity index (χ2n) is 5.95. The Morgan fingerprint density at radius 2 is 2.00 bits per heavy atom. The van der Waals surface area contributed by atoms with Crippen LogP contribution in [0.15, 0.2) is 29.3 Å². The van der Waals surface area contributed by atoms with E-state index in [9.17, 15) is 0 Å². The van der Waals surface area contributed by atoms with Crippen LogP contribution in [0.4, 0.5) is 0 Å². The van der Waals surface area contributed by atoms with Crippen LogP contribution < -0.4 is 15.8 Å². The van der Waals surface area contributed by atoms with Gasteiger partial charge in [0.2, 0.25) is 0 Å². The highest BCUT2D eigenvalue weighted by Gasteiger charge is 2.03. The Morgan fingerprint density at radius 3 is 2.74 bits per heavy atom. The Balaban J connectivity index is 2.41. The third-order valence-corrected chi connectivity index (χ3v) is 3.52. The molecule has 0 saturated carbocycles. The predicted molar refractivity (Wildman–Crippen MR) is 98.0 cm³/mol. The van der Waals surface area contributed by atoms with Gasteiger partial charge in [-0.25, -0.2) is 4.99 Å². The van der Waals surface area contributed by atoms with Gasteiger partial charge in [0.25, 0.3) is 0 Å². The van der Waals surface area contributed by atoms with Crippen molar-refractivity contribution in [3.8, 4) is 5.75 Å². The van der Waals surface area contributed by atoms with Crippen molar-refractivity contribution in [2.75, 3.05) is 33.8 Å². The average molecular weight is 320 g/mol. The van der Waals surface area contributed by atoms with E-state index in [1.807, 2.05) is 38.4 Å². The fourth-order valence-corrected chi connectivity index (χ4v) is 2.11. The van der Waals surface area contributed by atoms with Crippen LogP contribution in [0.25, 0.3) is 0 Å². The molecule has 1 aromatic carbocycles. The highest BCUT2D eigenvalue weighted by molar-refractivity contribution is 5.77. The second-order valence-corrected chi connectivity index (χ2v) is 5.95. The molecular formula is C18H32N4O. The fourth-order valence-electron chi connectivity index (χ4n) is 2.11. The Hall–Kier alpha value is -1.75. The number of likely N-dealkylation sites (N-methyl/N-ethyl adjacent to an activating group) is 1. The van der Waals surface area contributed by atoms with Gasteiger partial charge in [0, 0.05) is 18.7 Å². The van der Waals surface area contributed by atoms with E-state index in [0.717, 1.165) is 30.8 Å². The van der Waals surface area contributed by atoms with E-state index in [0.29, 0.717) is 19.1 Å². The molecule has 0 heterocycles. The standard InChI is InChI=1S/C18H32N4O/c1-4-5-6-9-12-20-18(19)21-15-16-10-7-8-11-17(16)23-14-13-22(2)3/h7-8,10-11H,4-6,9,12-15H2,1-3H3,(H3,19,20,21). The lowest BCUT2D eigenvalue weighted by Crippen LogP contribution is -2.32. The van der Waals surface area contributed by atoms with Crippen LogP contribution in [-0.4, -0.2) is 44.7 Å². The van der Waals surface area contributed by atoms with E-state index in [4.69, 9.17) is 10.5 Å². The highest BCUT2D eigenvalue weighted by Crippen LogP contribution is 2.18. The van der Waals surface area contributed by atoms with Crippen molar-refractivity contribution in [1.29, 1.82) is 0 Å². The molecule has 1 rings (SSSR count). The summed E-state index contributed by atoms with van der Waals surface area (Å²) in [6.45, 7) is 5.18. The van der Waals surface area contributed by atoms with Gasteiger partial charge in [0.1, 0.15) is 12.4 Å². The third-order valence-electron chi connectivity index (χ3n) is 3.52. The normalized spacial score (nSPS) is 11.7. The molecule has 0 unspecified atom stereocenters. The molecule has 0 aliphatic rings. The lowest BCUT2D eigenvalue weighted by molar-refractivity contribution is 0.259. The Morgan fingerprint density at radius 1 is 1.22 bits per heavy atom. The minimum atomic E-state index is 0.504. The number of hydrogen-bond acceptors (Lipinski definition) is 3. The summed E-state index contributed by atoms with van der Waals surface area (Å²) in [4.78, 5) is 6.51. The van der Waals surface area contributed by atoms with Crippen molar-refractivity contribution in [3.05, 3.63) is 29.8 Å². The lowest BCUT2D eigenvalue weighted by atomic mass is 10.2. The first kappa shape index (κ1) is 19.3. The molecular weight excluding hydrogens is 288 g/mol. The Kier molecular flexibility index (Phi) is 9.87. The first-order valence-corrected chi connectivity index (χ1v) is 8.52. The van der Waals surface area contributed by atoms with Gasteiger partial charge in [-0.05, 0) is 26.6 Å². The van der Waals surface area contributed by atoms with Gasteiger partial charge in [-0.1, -0.05) is 44.4 Å². The van der Waals surface area contributed by atoms with Crippen LogP contribution in [0, 0.1) is 0 Å². The molecule has 3 N–H and O–H groups in total. The van der Waals surface area contributed by atoms with E-state index >= 15 is 0 Å². The van der Waals surface area contributed by atoms with E-state index in [2.05, 4.69) is 22.1 Å². The summed E-state index contributed by atoms with van der Waals surface area (Å²) in [5.74, 6) is 1.39. The Bertz CT molecular complexity index is 460. The van der Waals surface area contributed by atoms with Gasteiger partial charge < -0.3 is 20.7 Å². The number of unbranched alkanes of at least 4 members (excludes halogenated alkanes) is 3. The molecule has 0 saturated heterocycles. The Labute approximate surface area is 140 Å². The van der Waals surface area contributed by atoms with E-state index in [1.165, 1.54) is 19.3 Å². The molecule has 0 radical (unpaired) electrons.